The van der Waals surface area contributed by atoms with Gasteiger partial charge in [0.15, 0.2) is 0 Å². The van der Waals surface area contributed by atoms with Crippen LogP contribution in [-0.2, 0) is 17.8 Å². The first kappa shape index (κ1) is 12.5. The first-order chi connectivity index (χ1) is 10.2. The minimum absolute atomic E-state index is 0.148. The van der Waals surface area contributed by atoms with E-state index in [-0.39, 0.29) is 18.0 Å². The van der Waals surface area contributed by atoms with Gasteiger partial charge in [-0.2, -0.15) is 0 Å². The van der Waals surface area contributed by atoms with E-state index in [1.165, 1.54) is 0 Å². The molecule has 0 aromatic carbocycles. The molecule has 2 aromatic rings. The van der Waals surface area contributed by atoms with E-state index in [0.717, 1.165) is 36.3 Å². The summed E-state index contributed by atoms with van der Waals surface area (Å²) in [5.74, 6) is 0.970. The number of aromatic nitrogens is 4. The second-order valence-electron chi connectivity index (χ2n) is 5.81. The van der Waals surface area contributed by atoms with Gasteiger partial charge in [0.2, 0.25) is 5.91 Å². The van der Waals surface area contributed by atoms with E-state index in [4.69, 9.17) is 0 Å². The Kier molecular flexibility index (Phi) is 2.77. The number of rotatable bonds is 2. The maximum atomic E-state index is 12.6. The fourth-order valence-electron chi connectivity index (χ4n) is 3.58. The molecule has 2 aliphatic rings. The van der Waals surface area contributed by atoms with Crippen LogP contribution in [0.25, 0.3) is 0 Å². The van der Waals surface area contributed by atoms with E-state index in [2.05, 4.69) is 15.0 Å². The van der Waals surface area contributed by atoms with E-state index < -0.39 is 0 Å². The molecule has 108 valence electrons. The molecule has 0 saturated carbocycles. The molecule has 0 aliphatic carbocycles. The van der Waals surface area contributed by atoms with Crippen molar-refractivity contribution < 1.29 is 4.79 Å². The highest BCUT2D eigenvalue weighted by atomic mass is 16.2. The van der Waals surface area contributed by atoms with Crippen LogP contribution in [0.2, 0.25) is 0 Å². The number of fused-ring (bicyclic) bond motifs is 4. The number of aryl methyl sites for hydroxylation is 1. The van der Waals surface area contributed by atoms with E-state index in [0.29, 0.717) is 6.54 Å². The molecule has 4 heterocycles. The summed E-state index contributed by atoms with van der Waals surface area (Å²) in [7, 11) is 0. The van der Waals surface area contributed by atoms with Gasteiger partial charge in [-0.25, -0.2) is 15.0 Å². The summed E-state index contributed by atoms with van der Waals surface area (Å²) < 4.78 is 1.82. The van der Waals surface area contributed by atoms with E-state index >= 15 is 0 Å². The third kappa shape index (κ3) is 2.02. The predicted molar refractivity (Wildman–Crippen MR) is 75.3 cm³/mol. The molecule has 2 bridgehead atoms. The lowest BCUT2D eigenvalue weighted by atomic mass is 9.99. The van der Waals surface area contributed by atoms with Crippen LogP contribution in [0, 0.1) is 6.92 Å². The van der Waals surface area contributed by atoms with Crippen LogP contribution in [0.1, 0.15) is 36.0 Å². The maximum Gasteiger partial charge on any atom is 0.243 e. The Morgan fingerprint density at radius 2 is 2.33 bits per heavy atom. The predicted octanol–water partition coefficient (Wildman–Crippen LogP) is 1.27. The summed E-state index contributed by atoms with van der Waals surface area (Å²) in [5, 5.41) is 0. The van der Waals surface area contributed by atoms with Crippen LogP contribution in [0.15, 0.2) is 24.9 Å². The molecule has 2 aliphatic heterocycles. The van der Waals surface area contributed by atoms with Crippen molar-refractivity contribution in [2.45, 2.75) is 44.8 Å². The number of amides is 1. The fraction of sp³-hybridized carbons (Fsp3) is 0.467. The highest BCUT2D eigenvalue weighted by molar-refractivity contribution is 5.77. The molecule has 1 amide bonds. The molecule has 0 N–H and O–H groups in total. The Labute approximate surface area is 122 Å². The third-order valence-corrected chi connectivity index (χ3v) is 4.48. The largest absolute Gasteiger partial charge is 0.331 e. The topological polar surface area (TPSA) is 63.9 Å². The number of hydrogen-bond acceptors (Lipinski definition) is 4. The molecule has 0 radical (unpaired) electrons. The Morgan fingerprint density at radius 3 is 3.14 bits per heavy atom. The van der Waals surface area contributed by atoms with Gasteiger partial charge in [0.05, 0.1) is 18.1 Å². The quantitative estimate of drug-likeness (QED) is 0.832. The van der Waals surface area contributed by atoms with Crippen LogP contribution in [0.4, 0.5) is 0 Å². The van der Waals surface area contributed by atoms with Crippen molar-refractivity contribution in [2.75, 3.05) is 0 Å². The van der Waals surface area contributed by atoms with Crippen molar-refractivity contribution in [3.63, 3.8) is 0 Å². The van der Waals surface area contributed by atoms with Crippen LogP contribution in [-0.4, -0.2) is 36.4 Å². The van der Waals surface area contributed by atoms with Crippen molar-refractivity contribution in [2.24, 2.45) is 0 Å². The second-order valence-corrected chi connectivity index (χ2v) is 5.81. The SMILES string of the molecule is Cc1ncc2c(n1)C[C@H]1CC[C@@H]2N1C(=O)Cn1ccnc1. The molecule has 6 heteroatoms. The zero-order valence-corrected chi connectivity index (χ0v) is 11.9. The molecule has 6 nitrogen and oxygen atoms in total. The number of nitrogens with zero attached hydrogens (tertiary/aromatic N) is 5. The summed E-state index contributed by atoms with van der Waals surface area (Å²) in [6.45, 7) is 2.27. The van der Waals surface area contributed by atoms with Gasteiger partial charge < -0.3 is 9.47 Å². The average Bonchev–Trinajstić information content (AvgIpc) is 3.06. The minimum atomic E-state index is 0.148. The first-order valence-corrected chi connectivity index (χ1v) is 7.31. The molecule has 0 unspecified atom stereocenters. The summed E-state index contributed by atoms with van der Waals surface area (Å²) in [6, 6.07) is 0.434. The van der Waals surface area contributed by atoms with Gasteiger partial charge in [0.1, 0.15) is 12.4 Å². The first-order valence-electron chi connectivity index (χ1n) is 7.31. The lowest BCUT2D eigenvalue weighted by Gasteiger charge is -2.35. The Balaban J connectivity index is 1.63. The van der Waals surface area contributed by atoms with E-state index in [1.54, 1.807) is 12.5 Å². The van der Waals surface area contributed by atoms with Crippen molar-refractivity contribution >= 4 is 5.91 Å². The van der Waals surface area contributed by atoms with Gasteiger partial charge in [0, 0.05) is 36.6 Å². The van der Waals surface area contributed by atoms with Crippen LogP contribution < -0.4 is 0 Å². The molecule has 1 saturated heterocycles. The van der Waals surface area contributed by atoms with Crippen molar-refractivity contribution in [3.05, 3.63) is 42.0 Å². The fourth-order valence-corrected chi connectivity index (χ4v) is 3.58. The molecule has 1 fully saturated rings. The van der Waals surface area contributed by atoms with Crippen LogP contribution in [0.5, 0.6) is 0 Å². The van der Waals surface area contributed by atoms with Crippen molar-refractivity contribution in [3.8, 4) is 0 Å². The Morgan fingerprint density at radius 1 is 1.43 bits per heavy atom. The van der Waals surface area contributed by atoms with E-state index in [9.17, 15) is 4.79 Å². The van der Waals surface area contributed by atoms with Crippen LogP contribution >= 0.6 is 0 Å². The third-order valence-electron chi connectivity index (χ3n) is 4.48. The number of hydrogen-bond donors (Lipinski definition) is 0. The standard InChI is InChI=1S/C15H17N5O/c1-10-17-7-12-13(18-10)6-11-2-3-14(12)20(11)15(21)8-19-5-4-16-9-19/h4-5,7,9,11,14H,2-3,6,8H2,1H3/t11-,14+/m1/s1. The lowest BCUT2D eigenvalue weighted by molar-refractivity contribution is -0.135. The molecule has 4 rings (SSSR count). The summed E-state index contributed by atoms with van der Waals surface area (Å²) in [6.07, 6.45) is 10.0. The zero-order chi connectivity index (χ0) is 14.4. The van der Waals surface area contributed by atoms with Gasteiger partial charge in [-0.3, -0.25) is 4.79 Å². The Hall–Kier alpha value is -2.24. The average molecular weight is 283 g/mol. The zero-order valence-electron chi connectivity index (χ0n) is 11.9. The molecule has 0 spiro atoms. The molecular weight excluding hydrogens is 266 g/mol. The molecule has 2 atom stereocenters. The van der Waals surface area contributed by atoms with Crippen molar-refractivity contribution in [1.82, 2.24) is 24.4 Å². The van der Waals surface area contributed by atoms with E-state index in [1.807, 2.05) is 28.8 Å². The van der Waals surface area contributed by atoms with Gasteiger partial charge in [-0.05, 0) is 19.8 Å². The lowest BCUT2D eigenvalue weighted by Crippen LogP contribution is -2.43. The normalized spacial score (nSPS) is 23.2. The van der Waals surface area contributed by atoms with Gasteiger partial charge >= 0.3 is 0 Å². The van der Waals surface area contributed by atoms with Crippen LogP contribution in [0.3, 0.4) is 0 Å². The smallest absolute Gasteiger partial charge is 0.243 e. The van der Waals surface area contributed by atoms with Gasteiger partial charge in [0.25, 0.3) is 0 Å². The molecule has 21 heavy (non-hydrogen) atoms. The highest BCUT2D eigenvalue weighted by Gasteiger charge is 2.43. The second kappa shape index (κ2) is 4.65. The Bertz CT molecular complexity index is 681. The summed E-state index contributed by atoms with van der Waals surface area (Å²) in [5.41, 5.74) is 2.26. The maximum absolute atomic E-state index is 12.6. The van der Waals surface area contributed by atoms with Gasteiger partial charge in [-0.15, -0.1) is 0 Å². The summed E-state index contributed by atoms with van der Waals surface area (Å²) >= 11 is 0. The van der Waals surface area contributed by atoms with Gasteiger partial charge in [-0.1, -0.05) is 0 Å². The number of imidazole rings is 1. The minimum Gasteiger partial charge on any atom is -0.331 e. The van der Waals surface area contributed by atoms with Crippen molar-refractivity contribution in [1.29, 1.82) is 0 Å². The number of carbonyl (C=O) groups excluding carboxylic acids is 1. The molecular formula is C15H17N5O. The highest BCUT2D eigenvalue weighted by Crippen LogP contribution is 2.42. The summed E-state index contributed by atoms with van der Waals surface area (Å²) in [4.78, 5) is 27.5. The monoisotopic (exact) mass is 283 g/mol. The number of carbonyl (C=O) groups is 1. The molecule has 2 aromatic heterocycles.